The Morgan fingerprint density at radius 1 is 1.39 bits per heavy atom. The average Bonchev–Trinajstić information content (AvgIpc) is 2.56. The molecule has 0 aromatic heterocycles. The van der Waals surface area contributed by atoms with Gasteiger partial charge in [-0.3, -0.25) is 4.79 Å². The summed E-state index contributed by atoms with van der Waals surface area (Å²) in [5.74, 6) is 0.172. The molecule has 0 aliphatic carbocycles. The predicted molar refractivity (Wildman–Crippen MR) is 93.9 cm³/mol. The van der Waals surface area contributed by atoms with Crippen molar-refractivity contribution in [1.82, 2.24) is 10.2 Å². The van der Waals surface area contributed by atoms with Crippen molar-refractivity contribution in [2.45, 2.75) is 18.6 Å². The maximum atomic E-state index is 12.5. The molecule has 2 fully saturated rings. The summed E-state index contributed by atoms with van der Waals surface area (Å²) in [6, 6.07) is 8.21. The van der Waals surface area contributed by atoms with Gasteiger partial charge in [0.25, 0.3) is 0 Å². The molecular formula is C16H22BrClN2O3. The second kappa shape index (κ2) is 8.99. The maximum Gasteiger partial charge on any atom is 0.224 e. The number of morpholine rings is 2. The van der Waals surface area contributed by atoms with Crippen molar-refractivity contribution in [3.63, 3.8) is 0 Å². The van der Waals surface area contributed by atoms with Crippen molar-refractivity contribution in [2.24, 2.45) is 0 Å². The van der Waals surface area contributed by atoms with Crippen LogP contribution in [0.15, 0.2) is 28.7 Å². The first-order valence-corrected chi connectivity index (χ1v) is 8.47. The fourth-order valence-corrected chi connectivity index (χ4v) is 3.29. The molecule has 7 heteroatoms. The number of ether oxygens (including phenoxy) is 2. The number of carbonyl (C=O) groups is 1. The fraction of sp³-hybridized carbons (Fsp3) is 0.562. The fourth-order valence-electron chi connectivity index (χ4n) is 2.88. The van der Waals surface area contributed by atoms with E-state index in [1.54, 1.807) is 0 Å². The number of carbonyl (C=O) groups excluding carboxylic acids is 1. The Kier molecular flexibility index (Phi) is 7.30. The van der Waals surface area contributed by atoms with Gasteiger partial charge in [-0.1, -0.05) is 28.1 Å². The molecule has 1 amide bonds. The summed E-state index contributed by atoms with van der Waals surface area (Å²) in [7, 11) is 0. The van der Waals surface area contributed by atoms with E-state index in [2.05, 4.69) is 27.3 Å². The molecule has 0 bridgehead atoms. The van der Waals surface area contributed by atoms with Crippen LogP contribution in [0.1, 0.15) is 18.1 Å². The van der Waals surface area contributed by atoms with E-state index in [1.807, 2.05) is 23.1 Å². The minimum absolute atomic E-state index is 0. The van der Waals surface area contributed by atoms with Crippen LogP contribution < -0.4 is 5.32 Å². The van der Waals surface area contributed by atoms with E-state index in [1.165, 1.54) is 0 Å². The van der Waals surface area contributed by atoms with E-state index < -0.39 is 0 Å². The van der Waals surface area contributed by atoms with Gasteiger partial charge in [0.1, 0.15) is 6.10 Å². The third-order valence-corrected chi connectivity index (χ3v) is 4.55. The molecule has 0 radical (unpaired) electrons. The molecule has 128 valence electrons. The van der Waals surface area contributed by atoms with Crippen molar-refractivity contribution < 1.29 is 14.3 Å². The lowest BCUT2D eigenvalue weighted by Crippen LogP contribution is -2.48. The Hall–Kier alpha value is -0.660. The number of hydrogen-bond acceptors (Lipinski definition) is 4. The zero-order chi connectivity index (χ0) is 15.4. The van der Waals surface area contributed by atoms with Crippen LogP contribution >= 0.6 is 28.3 Å². The Morgan fingerprint density at radius 3 is 3.00 bits per heavy atom. The second-order valence-electron chi connectivity index (χ2n) is 5.68. The molecule has 0 spiro atoms. The van der Waals surface area contributed by atoms with Crippen LogP contribution in [0.2, 0.25) is 0 Å². The highest BCUT2D eigenvalue weighted by atomic mass is 79.9. The van der Waals surface area contributed by atoms with Crippen molar-refractivity contribution in [3.8, 4) is 0 Å². The molecule has 2 aliphatic rings. The molecular weight excluding hydrogens is 384 g/mol. The molecule has 3 rings (SSSR count). The number of nitrogens with one attached hydrogen (secondary N) is 1. The first-order valence-electron chi connectivity index (χ1n) is 7.68. The maximum absolute atomic E-state index is 12.5. The highest BCUT2D eigenvalue weighted by Crippen LogP contribution is 2.25. The monoisotopic (exact) mass is 404 g/mol. The first-order chi connectivity index (χ1) is 10.7. The standard InChI is InChI=1S/C16H21BrN2O3.ClH/c17-13-3-1-2-12(8-13)15-10-19(5-7-22-15)16(20)9-14-11-21-6-4-18-14;/h1-3,8,14-15,18H,4-7,9-11H2;1H. The first kappa shape index (κ1) is 18.7. The normalized spacial score (nSPS) is 24.8. The van der Waals surface area contributed by atoms with E-state index in [0.717, 1.165) is 23.2 Å². The quantitative estimate of drug-likeness (QED) is 0.837. The molecule has 2 atom stereocenters. The van der Waals surface area contributed by atoms with Gasteiger partial charge < -0.3 is 19.7 Å². The van der Waals surface area contributed by atoms with Gasteiger partial charge in [-0.2, -0.15) is 0 Å². The van der Waals surface area contributed by atoms with Gasteiger partial charge in [-0.05, 0) is 17.7 Å². The number of hydrogen-bond donors (Lipinski definition) is 1. The number of nitrogens with zero attached hydrogens (tertiary/aromatic N) is 1. The van der Waals surface area contributed by atoms with Crippen molar-refractivity contribution >= 4 is 34.2 Å². The van der Waals surface area contributed by atoms with Gasteiger partial charge >= 0.3 is 0 Å². The largest absolute Gasteiger partial charge is 0.378 e. The molecule has 5 nitrogen and oxygen atoms in total. The summed E-state index contributed by atoms with van der Waals surface area (Å²) in [4.78, 5) is 14.4. The average molecular weight is 406 g/mol. The lowest BCUT2D eigenvalue weighted by molar-refractivity contribution is -0.140. The molecule has 2 heterocycles. The van der Waals surface area contributed by atoms with Gasteiger partial charge in [0.2, 0.25) is 5.91 Å². The summed E-state index contributed by atoms with van der Waals surface area (Å²) >= 11 is 3.48. The third-order valence-electron chi connectivity index (χ3n) is 4.06. The molecule has 2 unspecified atom stereocenters. The van der Waals surface area contributed by atoms with Gasteiger partial charge in [0.15, 0.2) is 0 Å². The van der Waals surface area contributed by atoms with Crippen LogP contribution in [0.25, 0.3) is 0 Å². The van der Waals surface area contributed by atoms with Crippen LogP contribution in [0, 0.1) is 0 Å². The number of amides is 1. The topological polar surface area (TPSA) is 50.8 Å². The van der Waals surface area contributed by atoms with Gasteiger partial charge in [0, 0.05) is 30.0 Å². The van der Waals surface area contributed by atoms with Crippen molar-refractivity contribution in [1.29, 1.82) is 0 Å². The second-order valence-corrected chi connectivity index (χ2v) is 6.60. The number of benzene rings is 1. The molecule has 0 saturated carbocycles. The van der Waals surface area contributed by atoms with Gasteiger partial charge in [-0.15, -0.1) is 12.4 Å². The summed E-state index contributed by atoms with van der Waals surface area (Å²) in [6.45, 7) is 4.03. The van der Waals surface area contributed by atoms with E-state index in [9.17, 15) is 4.79 Å². The minimum Gasteiger partial charge on any atom is -0.378 e. The van der Waals surface area contributed by atoms with Crippen LogP contribution in [-0.4, -0.2) is 56.3 Å². The molecule has 1 aromatic rings. The van der Waals surface area contributed by atoms with E-state index in [0.29, 0.717) is 32.7 Å². The summed E-state index contributed by atoms with van der Waals surface area (Å²) < 4.78 is 12.3. The van der Waals surface area contributed by atoms with Crippen molar-refractivity contribution in [2.75, 3.05) is 39.5 Å². The number of rotatable bonds is 3. The van der Waals surface area contributed by atoms with Crippen LogP contribution in [0.4, 0.5) is 0 Å². The SMILES string of the molecule is Cl.O=C(CC1COCCN1)N1CCOC(c2cccc(Br)c2)C1. The molecule has 2 saturated heterocycles. The zero-order valence-electron chi connectivity index (χ0n) is 12.9. The Morgan fingerprint density at radius 2 is 2.26 bits per heavy atom. The highest BCUT2D eigenvalue weighted by molar-refractivity contribution is 9.10. The summed E-state index contributed by atoms with van der Waals surface area (Å²) in [5, 5.41) is 3.33. The van der Waals surface area contributed by atoms with Crippen LogP contribution in [0.3, 0.4) is 0 Å². The number of halogens is 2. The summed E-state index contributed by atoms with van der Waals surface area (Å²) in [5.41, 5.74) is 1.10. The Balaban J connectivity index is 0.00000192. The highest BCUT2D eigenvalue weighted by Gasteiger charge is 2.27. The van der Waals surface area contributed by atoms with Gasteiger partial charge in [-0.25, -0.2) is 0 Å². The van der Waals surface area contributed by atoms with Crippen molar-refractivity contribution in [3.05, 3.63) is 34.3 Å². The van der Waals surface area contributed by atoms with Crippen LogP contribution in [-0.2, 0) is 14.3 Å². The van der Waals surface area contributed by atoms with Crippen LogP contribution in [0.5, 0.6) is 0 Å². The lowest BCUT2D eigenvalue weighted by atomic mass is 10.1. The third kappa shape index (κ3) is 5.16. The molecule has 1 N–H and O–H groups in total. The Bertz CT molecular complexity index is 526. The summed E-state index contributed by atoms with van der Waals surface area (Å²) in [6.07, 6.45) is 0.441. The van der Waals surface area contributed by atoms with Gasteiger partial charge in [0.05, 0.1) is 26.4 Å². The Labute approximate surface area is 151 Å². The molecule has 2 aliphatic heterocycles. The predicted octanol–water partition coefficient (Wildman–Crippen LogP) is 2.15. The molecule has 23 heavy (non-hydrogen) atoms. The zero-order valence-corrected chi connectivity index (χ0v) is 15.3. The molecule has 1 aromatic carbocycles. The van der Waals surface area contributed by atoms with E-state index in [-0.39, 0.29) is 30.5 Å². The smallest absolute Gasteiger partial charge is 0.224 e. The lowest BCUT2D eigenvalue weighted by Gasteiger charge is -2.34. The van der Waals surface area contributed by atoms with E-state index >= 15 is 0 Å². The van der Waals surface area contributed by atoms with E-state index in [4.69, 9.17) is 9.47 Å². The minimum atomic E-state index is -0.0502.